The molecule has 0 N–H and O–H groups in total. The van der Waals surface area contributed by atoms with Crippen molar-refractivity contribution >= 4 is 10.0 Å². The van der Waals surface area contributed by atoms with E-state index in [1.54, 1.807) is 11.7 Å². The van der Waals surface area contributed by atoms with Crippen molar-refractivity contribution in [2.45, 2.75) is 17.9 Å². The van der Waals surface area contributed by atoms with E-state index in [-0.39, 0.29) is 17.3 Å². The van der Waals surface area contributed by atoms with Gasteiger partial charge in [0.1, 0.15) is 5.82 Å². The fraction of sp³-hybridized carbons (Fsp3) is 0.190. The predicted molar refractivity (Wildman–Crippen MR) is 110 cm³/mol. The molecule has 0 aliphatic carbocycles. The molecule has 0 saturated heterocycles. The molecule has 0 fully saturated rings. The fourth-order valence-corrected chi connectivity index (χ4v) is 5.13. The molecule has 0 saturated carbocycles. The highest BCUT2D eigenvalue weighted by molar-refractivity contribution is 7.89. The summed E-state index contributed by atoms with van der Waals surface area (Å²) < 4.78 is 47.9. The normalized spacial score (nSPS) is 14.5. The molecule has 0 radical (unpaired) electrons. The van der Waals surface area contributed by atoms with Crippen LogP contribution in [0.15, 0.2) is 64.0 Å². The Labute approximate surface area is 178 Å². The maximum atomic E-state index is 13.2. The highest BCUT2D eigenvalue weighted by Gasteiger charge is 2.33. The first-order valence-corrected chi connectivity index (χ1v) is 11.1. The highest BCUT2D eigenvalue weighted by atomic mass is 32.2. The Morgan fingerprint density at radius 1 is 1.06 bits per heavy atom. The minimum absolute atomic E-state index is 0.0481. The van der Waals surface area contributed by atoms with Gasteiger partial charge in [-0.15, -0.1) is 0 Å². The van der Waals surface area contributed by atoms with Crippen molar-refractivity contribution in [1.29, 1.82) is 0 Å². The topological polar surface area (TPSA) is 94.1 Å². The van der Waals surface area contributed by atoms with Crippen molar-refractivity contribution in [2.24, 2.45) is 7.05 Å². The minimum atomic E-state index is -3.79. The molecule has 158 valence electrons. The lowest BCUT2D eigenvalue weighted by Crippen LogP contribution is -2.36. The van der Waals surface area contributed by atoms with Crippen molar-refractivity contribution < 1.29 is 17.3 Å². The molecule has 1 aliphatic rings. The Bertz CT molecular complexity index is 1350. The van der Waals surface area contributed by atoms with Crippen molar-refractivity contribution in [3.63, 3.8) is 0 Å². The van der Waals surface area contributed by atoms with Crippen molar-refractivity contribution in [3.05, 3.63) is 71.7 Å². The standard InChI is InChI=1S/C21H18FN5O3S/c1-26-18-11-12-27(31(28,29)16-9-7-15(22)8-10-16)13-17(18)19(24-26)21-23-20(25-30-21)14-5-3-2-4-6-14/h2-10H,11-13H2,1H3. The number of rotatable bonds is 4. The lowest BCUT2D eigenvalue weighted by Gasteiger charge is -2.26. The number of halogens is 1. The molecular weight excluding hydrogens is 421 g/mol. The van der Waals surface area contributed by atoms with E-state index in [9.17, 15) is 12.8 Å². The number of fused-ring (bicyclic) bond motifs is 1. The zero-order chi connectivity index (χ0) is 21.6. The summed E-state index contributed by atoms with van der Waals surface area (Å²) >= 11 is 0. The van der Waals surface area contributed by atoms with E-state index in [0.717, 1.165) is 29.0 Å². The Kier molecular flexibility index (Phi) is 4.67. The van der Waals surface area contributed by atoms with E-state index < -0.39 is 15.8 Å². The van der Waals surface area contributed by atoms with E-state index >= 15 is 0 Å². The monoisotopic (exact) mass is 439 g/mol. The summed E-state index contributed by atoms with van der Waals surface area (Å²) in [4.78, 5) is 4.51. The molecule has 3 heterocycles. The first-order chi connectivity index (χ1) is 14.9. The molecule has 5 rings (SSSR count). The van der Waals surface area contributed by atoms with Crippen LogP contribution in [0.5, 0.6) is 0 Å². The number of sulfonamides is 1. The summed E-state index contributed by atoms with van der Waals surface area (Å²) in [6, 6.07) is 14.2. The number of nitrogens with zero attached hydrogens (tertiary/aromatic N) is 5. The van der Waals surface area contributed by atoms with Crippen LogP contribution in [0.1, 0.15) is 11.3 Å². The number of hydrogen-bond acceptors (Lipinski definition) is 6. The lowest BCUT2D eigenvalue weighted by atomic mass is 10.1. The molecule has 2 aromatic heterocycles. The molecule has 0 unspecified atom stereocenters. The van der Waals surface area contributed by atoms with Crippen LogP contribution in [0.3, 0.4) is 0 Å². The molecule has 2 aromatic carbocycles. The zero-order valence-corrected chi connectivity index (χ0v) is 17.4. The van der Waals surface area contributed by atoms with Crippen LogP contribution in [0.25, 0.3) is 23.0 Å². The molecule has 10 heteroatoms. The van der Waals surface area contributed by atoms with Crippen LogP contribution in [-0.4, -0.2) is 39.2 Å². The highest BCUT2D eigenvalue weighted by Crippen LogP contribution is 2.32. The van der Waals surface area contributed by atoms with Gasteiger partial charge in [-0.3, -0.25) is 4.68 Å². The summed E-state index contributed by atoms with van der Waals surface area (Å²) in [5, 5.41) is 8.56. The van der Waals surface area contributed by atoms with Crippen LogP contribution in [0.4, 0.5) is 4.39 Å². The summed E-state index contributed by atoms with van der Waals surface area (Å²) in [5.41, 5.74) is 2.91. The maximum Gasteiger partial charge on any atom is 0.279 e. The Morgan fingerprint density at radius 2 is 1.81 bits per heavy atom. The van der Waals surface area contributed by atoms with Gasteiger partial charge in [0.25, 0.3) is 5.89 Å². The van der Waals surface area contributed by atoms with Gasteiger partial charge in [0, 0.05) is 43.4 Å². The second-order valence-corrected chi connectivity index (χ2v) is 9.17. The molecule has 0 atom stereocenters. The Morgan fingerprint density at radius 3 is 2.55 bits per heavy atom. The summed E-state index contributed by atoms with van der Waals surface area (Å²) in [5.74, 6) is 0.179. The number of aromatic nitrogens is 4. The van der Waals surface area contributed by atoms with Crippen LogP contribution in [-0.2, 0) is 30.0 Å². The Balaban J connectivity index is 1.50. The van der Waals surface area contributed by atoms with Crippen molar-refractivity contribution in [1.82, 2.24) is 24.2 Å². The van der Waals surface area contributed by atoms with Crippen molar-refractivity contribution in [2.75, 3.05) is 6.54 Å². The molecule has 4 aromatic rings. The summed E-state index contributed by atoms with van der Waals surface area (Å²) in [7, 11) is -1.98. The van der Waals surface area contributed by atoms with Gasteiger partial charge in [0.15, 0.2) is 5.69 Å². The van der Waals surface area contributed by atoms with E-state index in [2.05, 4.69) is 15.2 Å². The number of hydrogen-bond donors (Lipinski definition) is 0. The van der Waals surface area contributed by atoms with Crippen molar-refractivity contribution in [3.8, 4) is 23.0 Å². The lowest BCUT2D eigenvalue weighted by molar-refractivity contribution is 0.385. The van der Waals surface area contributed by atoms with Gasteiger partial charge in [0.05, 0.1) is 4.90 Å². The zero-order valence-electron chi connectivity index (χ0n) is 16.6. The molecular formula is C21H18FN5O3S. The smallest absolute Gasteiger partial charge is 0.279 e. The summed E-state index contributed by atoms with van der Waals surface area (Å²) in [6.07, 6.45) is 0.485. The maximum absolute atomic E-state index is 13.2. The van der Waals surface area contributed by atoms with Gasteiger partial charge in [-0.05, 0) is 24.3 Å². The van der Waals surface area contributed by atoms with Gasteiger partial charge in [-0.2, -0.15) is 14.4 Å². The van der Waals surface area contributed by atoms with Gasteiger partial charge in [-0.25, -0.2) is 12.8 Å². The SMILES string of the molecule is Cn1nc(-c2nc(-c3ccccc3)no2)c2c1CCN(S(=O)(=O)c1ccc(F)cc1)C2. The number of benzene rings is 2. The minimum Gasteiger partial charge on any atom is -0.332 e. The molecule has 8 nitrogen and oxygen atoms in total. The second-order valence-electron chi connectivity index (χ2n) is 7.23. The van der Waals surface area contributed by atoms with Gasteiger partial charge < -0.3 is 4.52 Å². The van der Waals surface area contributed by atoms with Crippen LogP contribution in [0.2, 0.25) is 0 Å². The molecule has 1 aliphatic heterocycles. The van der Waals surface area contributed by atoms with Gasteiger partial charge >= 0.3 is 0 Å². The molecule has 0 bridgehead atoms. The largest absolute Gasteiger partial charge is 0.332 e. The summed E-state index contributed by atoms with van der Waals surface area (Å²) in [6.45, 7) is 0.409. The van der Waals surface area contributed by atoms with Crippen LogP contribution >= 0.6 is 0 Å². The second kappa shape index (κ2) is 7.40. The first-order valence-electron chi connectivity index (χ1n) is 9.63. The third kappa shape index (κ3) is 3.43. The van der Waals surface area contributed by atoms with E-state index in [4.69, 9.17) is 4.52 Å². The molecule has 31 heavy (non-hydrogen) atoms. The average molecular weight is 439 g/mol. The predicted octanol–water partition coefficient (Wildman–Crippen LogP) is 3.02. The number of aryl methyl sites for hydroxylation is 1. The fourth-order valence-electron chi connectivity index (χ4n) is 3.72. The molecule has 0 amide bonds. The van der Waals surface area contributed by atoms with E-state index in [1.807, 2.05) is 30.3 Å². The third-order valence-electron chi connectivity index (χ3n) is 5.32. The third-order valence-corrected chi connectivity index (χ3v) is 7.18. The van der Waals surface area contributed by atoms with E-state index in [1.165, 1.54) is 16.4 Å². The van der Waals surface area contributed by atoms with Crippen LogP contribution < -0.4 is 0 Å². The average Bonchev–Trinajstić information content (AvgIpc) is 3.39. The van der Waals surface area contributed by atoms with E-state index in [0.29, 0.717) is 24.5 Å². The Hall–Kier alpha value is -3.37. The van der Waals surface area contributed by atoms with Gasteiger partial charge in [0.2, 0.25) is 15.8 Å². The first kappa shape index (κ1) is 19.6. The van der Waals surface area contributed by atoms with Crippen LogP contribution in [0, 0.1) is 5.82 Å². The van der Waals surface area contributed by atoms with Gasteiger partial charge in [-0.1, -0.05) is 35.5 Å². The quantitative estimate of drug-likeness (QED) is 0.485. The molecule has 0 spiro atoms.